The summed E-state index contributed by atoms with van der Waals surface area (Å²) < 4.78 is 10.3. The number of ether oxygens (including phenoxy) is 2. The topological polar surface area (TPSA) is 60.6 Å². The highest BCUT2D eigenvalue weighted by Gasteiger charge is 2.16. The minimum absolute atomic E-state index is 0.163. The van der Waals surface area contributed by atoms with Crippen LogP contribution >= 0.6 is 11.6 Å². The average Bonchev–Trinajstić information content (AvgIpc) is 2.28. The van der Waals surface area contributed by atoms with Crippen LogP contribution in [0.1, 0.15) is 6.92 Å². The first-order chi connectivity index (χ1) is 8.58. The van der Waals surface area contributed by atoms with Crippen molar-refractivity contribution in [2.75, 3.05) is 44.6 Å². The van der Waals surface area contributed by atoms with Crippen molar-refractivity contribution < 1.29 is 9.47 Å². The fourth-order valence-electron chi connectivity index (χ4n) is 1.73. The monoisotopic (exact) mass is 273 g/mol. The standard InChI is InChI=1S/C12H20ClN3O2/c1-9(8-18-3)16(4-5-17-2)12-7-10(14)6-11(13)15-12/h6-7,9H,4-5,8H2,1-3H3,(H2,14,15). The maximum Gasteiger partial charge on any atom is 0.133 e. The lowest BCUT2D eigenvalue weighted by atomic mass is 10.2. The fraction of sp³-hybridized carbons (Fsp3) is 0.583. The van der Waals surface area contributed by atoms with E-state index in [1.165, 1.54) is 0 Å². The summed E-state index contributed by atoms with van der Waals surface area (Å²) in [5, 5.41) is 0.386. The van der Waals surface area contributed by atoms with Gasteiger partial charge >= 0.3 is 0 Å². The Morgan fingerprint density at radius 2 is 2.11 bits per heavy atom. The zero-order chi connectivity index (χ0) is 13.5. The van der Waals surface area contributed by atoms with Crippen molar-refractivity contribution in [1.82, 2.24) is 4.98 Å². The maximum atomic E-state index is 5.93. The van der Waals surface area contributed by atoms with Gasteiger partial charge in [0, 0.05) is 32.5 Å². The highest BCUT2D eigenvalue weighted by Crippen LogP contribution is 2.21. The number of aromatic nitrogens is 1. The summed E-state index contributed by atoms with van der Waals surface area (Å²) in [5.41, 5.74) is 6.38. The molecule has 2 N–H and O–H groups in total. The second-order valence-corrected chi connectivity index (χ2v) is 4.46. The molecule has 0 amide bonds. The van der Waals surface area contributed by atoms with E-state index in [1.807, 2.05) is 0 Å². The predicted octanol–water partition coefficient (Wildman–Crippen LogP) is 1.80. The summed E-state index contributed by atoms with van der Waals surface area (Å²) in [6.07, 6.45) is 0. The predicted molar refractivity (Wildman–Crippen MR) is 74.2 cm³/mol. The lowest BCUT2D eigenvalue weighted by molar-refractivity contribution is 0.170. The maximum absolute atomic E-state index is 5.93. The molecule has 0 aromatic carbocycles. The van der Waals surface area contributed by atoms with Gasteiger partial charge in [0.15, 0.2) is 0 Å². The van der Waals surface area contributed by atoms with Gasteiger partial charge in [0.2, 0.25) is 0 Å². The lowest BCUT2D eigenvalue weighted by Gasteiger charge is -2.30. The number of hydrogen-bond donors (Lipinski definition) is 1. The number of anilines is 2. The minimum Gasteiger partial charge on any atom is -0.399 e. The zero-order valence-corrected chi connectivity index (χ0v) is 11.8. The van der Waals surface area contributed by atoms with Gasteiger partial charge in [-0.05, 0) is 13.0 Å². The molecule has 18 heavy (non-hydrogen) atoms. The van der Waals surface area contributed by atoms with Gasteiger partial charge in [-0.25, -0.2) is 4.98 Å². The summed E-state index contributed by atoms with van der Waals surface area (Å²) in [6.45, 7) is 3.95. The van der Waals surface area contributed by atoms with Gasteiger partial charge in [0.25, 0.3) is 0 Å². The van der Waals surface area contributed by atoms with Crippen molar-refractivity contribution in [2.45, 2.75) is 13.0 Å². The largest absolute Gasteiger partial charge is 0.399 e. The third kappa shape index (κ3) is 4.33. The third-order valence-electron chi connectivity index (χ3n) is 2.57. The van der Waals surface area contributed by atoms with Gasteiger partial charge in [0.05, 0.1) is 19.3 Å². The minimum atomic E-state index is 0.163. The van der Waals surface area contributed by atoms with Gasteiger partial charge in [0.1, 0.15) is 11.0 Å². The molecule has 0 radical (unpaired) electrons. The number of rotatable bonds is 7. The Hall–Kier alpha value is -1.04. The molecule has 0 saturated carbocycles. The zero-order valence-electron chi connectivity index (χ0n) is 11.0. The van der Waals surface area contributed by atoms with Gasteiger partial charge in [-0.15, -0.1) is 0 Å². The Labute approximate surface area is 113 Å². The van der Waals surface area contributed by atoms with Crippen LogP contribution in [0.15, 0.2) is 12.1 Å². The van der Waals surface area contributed by atoms with Crippen LogP contribution in [-0.2, 0) is 9.47 Å². The highest BCUT2D eigenvalue weighted by atomic mass is 35.5. The van der Waals surface area contributed by atoms with Crippen LogP contribution in [-0.4, -0.2) is 45.0 Å². The van der Waals surface area contributed by atoms with Crippen LogP contribution < -0.4 is 10.6 Å². The van der Waals surface area contributed by atoms with E-state index in [-0.39, 0.29) is 6.04 Å². The van der Waals surface area contributed by atoms with E-state index in [1.54, 1.807) is 26.4 Å². The highest BCUT2D eigenvalue weighted by molar-refractivity contribution is 6.29. The Morgan fingerprint density at radius 3 is 2.67 bits per heavy atom. The van der Waals surface area contributed by atoms with Crippen molar-refractivity contribution in [2.24, 2.45) is 0 Å². The smallest absolute Gasteiger partial charge is 0.133 e. The van der Waals surface area contributed by atoms with E-state index in [0.717, 1.165) is 5.82 Å². The van der Waals surface area contributed by atoms with Crippen molar-refractivity contribution in [1.29, 1.82) is 0 Å². The summed E-state index contributed by atoms with van der Waals surface area (Å²) in [7, 11) is 3.34. The molecule has 0 spiro atoms. The molecule has 6 heteroatoms. The molecular weight excluding hydrogens is 254 g/mol. The molecule has 0 aliphatic rings. The first-order valence-corrected chi connectivity index (χ1v) is 6.14. The SMILES string of the molecule is COCCN(c1cc(N)cc(Cl)n1)C(C)COC. The van der Waals surface area contributed by atoms with Crippen LogP contribution in [0.4, 0.5) is 11.5 Å². The molecule has 1 atom stereocenters. The van der Waals surface area contributed by atoms with E-state index in [9.17, 15) is 0 Å². The van der Waals surface area contributed by atoms with Gasteiger partial charge < -0.3 is 20.1 Å². The molecule has 1 rings (SSSR count). The number of nitrogens with two attached hydrogens (primary N) is 1. The number of methoxy groups -OCH3 is 2. The normalized spacial score (nSPS) is 12.4. The molecule has 102 valence electrons. The van der Waals surface area contributed by atoms with Gasteiger partial charge in [-0.1, -0.05) is 11.6 Å². The van der Waals surface area contributed by atoms with Crippen LogP contribution in [0.3, 0.4) is 0 Å². The Morgan fingerprint density at radius 1 is 1.39 bits per heavy atom. The van der Waals surface area contributed by atoms with E-state index in [0.29, 0.717) is 30.6 Å². The van der Waals surface area contributed by atoms with Crippen LogP contribution in [0.5, 0.6) is 0 Å². The molecule has 1 heterocycles. The summed E-state index contributed by atoms with van der Waals surface area (Å²) in [5.74, 6) is 0.738. The van der Waals surface area contributed by atoms with Crippen molar-refractivity contribution in [3.63, 3.8) is 0 Å². The van der Waals surface area contributed by atoms with E-state index >= 15 is 0 Å². The third-order valence-corrected chi connectivity index (χ3v) is 2.77. The van der Waals surface area contributed by atoms with E-state index in [4.69, 9.17) is 26.8 Å². The van der Waals surface area contributed by atoms with Crippen molar-refractivity contribution >= 4 is 23.1 Å². The van der Waals surface area contributed by atoms with Crippen LogP contribution in [0.2, 0.25) is 5.15 Å². The van der Waals surface area contributed by atoms with E-state index in [2.05, 4.69) is 16.8 Å². The molecule has 0 bridgehead atoms. The molecule has 0 fully saturated rings. The molecule has 1 unspecified atom stereocenters. The Balaban J connectivity index is 2.92. The number of nitrogens with zero attached hydrogens (tertiary/aromatic N) is 2. The Kier molecular flexibility index (Phi) is 6.18. The first-order valence-electron chi connectivity index (χ1n) is 5.76. The van der Waals surface area contributed by atoms with Crippen LogP contribution in [0, 0.1) is 0 Å². The quantitative estimate of drug-likeness (QED) is 0.768. The van der Waals surface area contributed by atoms with Crippen molar-refractivity contribution in [3.8, 4) is 0 Å². The number of hydrogen-bond acceptors (Lipinski definition) is 5. The molecule has 0 aliphatic heterocycles. The number of pyridine rings is 1. The first kappa shape index (κ1) is 15.0. The number of nitrogen functional groups attached to an aromatic ring is 1. The van der Waals surface area contributed by atoms with Gasteiger partial charge in [-0.3, -0.25) is 0 Å². The fourth-order valence-corrected chi connectivity index (χ4v) is 1.94. The second kappa shape index (κ2) is 7.41. The van der Waals surface area contributed by atoms with E-state index < -0.39 is 0 Å². The summed E-state index contributed by atoms with van der Waals surface area (Å²) in [4.78, 5) is 6.36. The average molecular weight is 274 g/mol. The molecule has 5 nitrogen and oxygen atoms in total. The summed E-state index contributed by atoms with van der Waals surface area (Å²) >= 11 is 5.93. The van der Waals surface area contributed by atoms with Crippen molar-refractivity contribution in [3.05, 3.63) is 17.3 Å². The summed E-state index contributed by atoms with van der Waals surface area (Å²) in [6, 6.07) is 3.59. The second-order valence-electron chi connectivity index (χ2n) is 4.07. The van der Waals surface area contributed by atoms with Crippen LogP contribution in [0.25, 0.3) is 0 Å². The molecule has 0 saturated heterocycles. The molecule has 0 aliphatic carbocycles. The molecule has 1 aromatic rings. The molecule has 1 aromatic heterocycles. The lowest BCUT2D eigenvalue weighted by Crippen LogP contribution is -2.39. The Bertz CT molecular complexity index is 356. The number of halogens is 1. The molecular formula is C12H20ClN3O2. The van der Waals surface area contributed by atoms with Gasteiger partial charge in [-0.2, -0.15) is 0 Å².